The lowest BCUT2D eigenvalue weighted by Gasteiger charge is -2.23. The quantitative estimate of drug-likeness (QED) is 0.757. The van der Waals surface area contributed by atoms with Gasteiger partial charge in [0.2, 0.25) is 0 Å². The van der Waals surface area contributed by atoms with E-state index < -0.39 is 0 Å². The monoisotopic (exact) mass is 298 g/mol. The van der Waals surface area contributed by atoms with E-state index in [0.29, 0.717) is 0 Å². The van der Waals surface area contributed by atoms with Crippen molar-refractivity contribution in [2.24, 2.45) is 0 Å². The molecule has 0 saturated heterocycles. The Hall–Kier alpha value is -1.98. The van der Waals surface area contributed by atoms with Crippen LogP contribution in [0.5, 0.6) is 0 Å². The number of thiazole rings is 1. The minimum Gasteiger partial charge on any atom is -0.302 e. The Kier molecular flexibility index (Phi) is 3.86. The van der Waals surface area contributed by atoms with Gasteiger partial charge in [-0.15, -0.1) is 11.3 Å². The normalized spacial score (nSPS) is 11.7. The summed E-state index contributed by atoms with van der Waals surface area (Å²) in [5.74, 6) is 0. The van der Waals surface area contributed by atoms with Crippen LogP contribution >= 0.6 is 11.3 Å². The van der Waals surface area contributed by atoms with Gasteiger partial charge in [0.05, 0.1) is 17.4 Å². The maximum atomic E-state index is 4.40. The first-order valence-corrected chi connectivity index (χ1v) is 7.77. The molecule has 0 spiro atoms. The highest BCUT2D eigenvalue weighted by molar-refractivity contribution is 7.09. The van der Waals surface area contributed by atoms with E-state index in [1.54, 1.807) is 11.3 Å². The number of hydrogen-bond acceptors (Lipinski definition) is 4. The van der Waals surface area contributed by atoms with Gasteiger partial charge in [-0.1, -0.05) is 30.3 Å². The highest BCUT2D eigenvalue weighted by Gasteiger charge is 2.23. The first-order valence-electron chi connectivity index (χ1n) is 6.89. The summed E-state index contributed by atoms with van der Waals surface area (Å²) in [6.07, 6.45) is 3.73. The van der Waals surface area contributed by atoms with E-state index in [4.69, 9.17) is 0 Å². The number of nitrogens with zero attached hydrogens (tertiary/aromatic N) is 2. The van der Waals surface area contributed by atoms with Gasteiger partial charge in [-0.25, -0.2) is 4.98 Å². The minimum absolute atomic E-state index is 0.153. The predicted molar refractivity (Wildman–Crippen MR) is 86.0 cm³/mol. The van der Waals surface area contributed by atoms with Crippen LogP contribution in [0.1, 0.15) is 24.4 Å². The van der Waals surface area contributed by atoms with Crippen molar-refractivity contribution >= 4 is 11.3 Å². The maximum absolute atomic E-state index is 4.40. The molecule has 0 aliphatic heterocycles. The number of nitrogens with one attached hydrogen (secondary N) is 2. The summed E-state index contributed by atoms with van der Waals surface area (Å²) in [4.78, 5) is 4.40. The molecular formula is C16H18N4S. The predicted octanol–water partition coefficient (Wildman–Crippen LogP) is 3.56. The molecule has 0 saturated carbocycles. The highest BCUT2D eigenvalue weighted by Crippen LogP contribution is 2.25. The second-order valence-electron chi connectivity index (χ2n) is 5.45. The molecule has 0 fully saturated rings. The molecule has 108 valence electrons. The summed E-state index contributed by atoms with van der Waals surface area (Å²) < 4.78 is 0. The van der Waals surface area contributed by atoms with E-state index in [0.717, 1.165) is 28.4 Å². The highest BCUT2D eigenvalue weighted by atomic mass is 32.1. The van der Waals surface area contributed by atoms with Crippen LogP contribution in [0.4, 0.5) is 0 Å². The molecule has 0 unspecified atom stereocenters. The van der Waals surface area contributed by atoms with Crippen LogP contribution in [0, 0.1) is 0 Å². The average Bonchev–Trinajstić information content (AvgIpc) is 3.18. The van der Waals surface area contributed by atoms with Crippen LogP contribution in [0.2, 0.25) is 0 Å². The standard InChI is InChI=1S/C16H18N4S/c1-16(2,15-17-8-9-21-15)18-10-13-11-19-20-14(13)12-6-4-3-5-7-12/h3-9,11,18H,10H2,1-2H3,(H,19,20). The van der Waals surface area contributed by atoms with Crippen molar-refractivity contribution in [3.8, 4) is 11.3 Å². The summed E-state index contributed by atoms with van der Waals surface area (Å²) in [5.41, 5.74) is 3.22. The summed E-state index contributed by atoms with van der Waals surface area (Å²) >= 11 is 1.67. The Morgan fingerprint density at radius 3 is 2.76 bits per heavy atom. The topological polar surface area (TPSA) is 53.6 Å². The Balaban J connectivity index is 1.77. The van der Waals surface area contributed by atoms with Crippen molar-refractivity contribution in [3.05, 3.63) is 58.7 Å². The van der Waals surface area contributed by atoms with E-state index in [1.807, 2.05) is 36.0 Å². The summed E-state index contributed by atoms with van der Waals surface area (Å²) in [5, 5.41) is 13.9. The van der Waals surface area contributed by atoms with Gasteiger partial charge in [-0.05, 0) is 19.4 Å². The zero-order valence-corrected chi connectivity index (χ0v) is 12.9. The zero-order chi connectivity index (χ0) is 14.7. The molecule has 2 aromatic heterocycles. The number of benzene rings is 1. The molecule has 0 bridgehead atoms. The van der Waals surface area contributed by atoms with Crippen LogP contribution in [0.15, 0.2) is 48.1 Å². The van der Waals surface area contributed by atoms with Gasteiger partial charge in [0.15, 0.2) is 0 Å². The molecule has 2 heterocycles. The third kappa shape index (κ3) is 3.04. The Bertz CT molecular complexity index is 686. The van der Waals surface area contributed by atoms with Crippen LogP contribution in [0.25, 0.3) is 11.3 Å². The lowest BCUT2D eigenvalue weighted by molar-refractivity contribution is 0.400. The molecule has 21 heavy (non-hydrogen) atoms. The molecule has 3 rings (SSSR count). The molecule has 0 aliphatic rings. The molecule has 2 N–H and O–H groups in total. The Morgan fingerprint density at radius 1 is 1.24 bits per heavy atom. The third-order valence-electron chi connectivity index (χ3n) is 3.47. The van der Waals surface area contributed by atoms with E-state index >= 15 is 0 Å². The number of aromatic amines is 1. The number of H-pyrrole nitrogens is 1. The molecule has 1 aromatic carbocycles. The summed E-state index contributed by atoms with van der Waals surface area (Å²) in [6, 6.07) is 10.3. The van der Waals surface area contributed by atoms with Crippen LogP contribution in [0.3, 0.4) is 0 Å². The van der Waals surface area contributed by atoms with E-state index in [-0.39, 0.29) is 5.54 Å². The largest absolute Gasteiger partial charge is 0.302 e. The SMILES string of the molecule is CC(C)(NCc1cn[nH]c1-c1ccccc1)c1nccs1. The maximum Gasteiger partial charge on any atom is 0.112 e. The molecule has 0 amide bonds. The number of hydrogen-bond donors (Lipinski definition) is 2. The third-order valence-corrected chi connectivity index (χ3v) is 4.56. The van der Waals surface area contributed by atoms with Gasteiger partial charge >= 0.3 is 0 Å². The lowest BCUT2D eigenvalue weighted by Crippen LogP contribution is -2.35. The summed E-state index contributed by atoms with van der Waals surface area (Å²) in [7, 11) is 0. The van der Waals surface area contributed by atoms with Gasteiger partial charge < -0.3 is 5.32 Å². The van der Waals surface area contributed by atoms with Crippen LogP contribution in [-0.4, -0.2) is 15.2 Å². The van der Waals surface area contributed by atoms with Gasteiger partial charge in [-0.3, -0.25) is 5.10 Å². The van der Waals surface area contributed by atoms with Crippen molar-refractivity contribution in [1.82, 2.24) is 20.5 Å². The first kappa shape index (κ1) is 14.0. The summed E-state index contributed by atoms with van der Waals surface area (Å²) in [6.45, 7) is 5.04. The molecule has 5 heteroatoms. The fourth-order valence-electron chi connectivity index (χ4n) is 2.22. The van der Waals surface area contributed by atoms with Crippen LogP contribution in [-0.2, 0) is 12.1 Å². The zero-order valence-electron chi connectivity index (χ0n) is 12.1. The fourth-order valence-corrected chi connectivity index (χ4v) is 2.96. The van der Waals surface area contributed by atoms with Gasteiger partial charge in [-0.2, -0.15) is 5.10 Å². The molecule has 3 aromatic rings. The van der Waals surface area contributed by atoms with E-state index in [9.17, 15) is 0 Å². The van der Waals surface area contributed by atoms with Crippen molar-refractivity contribution in [1.29, 1.82) is 0 Å². The molecular weight excluding hydrogens is 280 g/mol. The van der Waals surface area contributed by atoms with Gasteiger partial charge in [0.1, 0.15) is 5.01 Å². The van der Waals surface area contributed by atoms with Crippen molar-refractivity contribution < 1.29 is 0 Å². The first-order chi connectivity index (χ1) is 10.2. The minimum atomic E-state index is -0.153. The van der Waals surface area contributed by atoms with Crippen molar-refractivity contribution in [2.75, 3.05) is 0 Å². The molecule has 0 radical (unpaired) electrons. The molecule has 0 atom stereocenters. The number of aromatic nitrogens is 3. The number of rotatable bonds is 5. The Labute approximate surface area is 128 Å². The second-order valence-corrected chi connectivity index (χ2v) is 6.35. The van der Waals surface area contributed by atoms with E-state index in [2.05, 4.69) is 46.5 Å². The smallest absolute Gasteiger partial charge is 0.112 e. The lowest BCUT2D eigenvalue weighted by atomic mass is 10.0. The fraction of sp³-hybridized carbons (Fsp3) is 0.250. The van der Waals surface area contributed by atoms with Crippen LogP contribution < -0.4 is 5.32 Å². The average molecular weight is 298 g/mol. The molecule has 4 nitrogen and oxygen atoms in total. The molecule has 0 aliphatic carbocycles. The second kappa shape index (κ2) is 5.79. The Morgan fingerprint density at radius 2 is 2.05 bits per heavy atom. The van der Waals surface area contributed by atoms with E-state index in [1.165, 1.54) is 0 Å². The van der Waals surface area contributed by atoms with Gasteiger partial charge in [0.25, 0.3) is 0 Å². The van der Waals surface area contributed by atoms with Gasteiger partial charge in [0, 0.05) is 23.7 Å². The van der Waals surface area contributed by atoms with Crippen molar-refractivity contribution in [2.45, 2.75) is 25.9 Å². The van der Waals surface area contributed by atoms with Crippen molar-refractivity contribution in [3.63, 3.8) is 0 Å².